The molecule has 0 N–H and O–H groups in total. The summed E-state index contributed by atoms with van der Waals surface area (Å²) in [4.78, 5) is 10.2. The van der Waals surface area contributed by atoms with Crippen molar-refractivity contribution in [2.75, 3.05) is 50.1 Å². The average molecular weight is 340 g/mol. The van der Waals surface area contributed by atoms with Gasteiger partial charge in [-0.05, 0) is 57.7 Å². The molecule has 2 aliphatic rings. The van der Waals surface area contributed by atoms with Crippen molar-refractivity contribution in [3.63, 3.8) is 0 Å². The number of para-hydroxylation sites is 2. The van der Waals surface area contributed by atoms with Gasteiger partial charge in [0.05, 0.1) is 17.1 Å². The van der Waals surface area contributed by atoms with E-state index in [4.69, 9.17) is 0 Å². The molecule has 0 aliphatic carbocycles. The summed E-state index contributed by atoms with van der Waals surface area (Å²) in [6.07, 6.45) is 2.41. The monoisotopic (exact) mass is 339 g/mol. The zero-order chi connectivity index (χ0) is 16.5. The quantitative estimate of drug-likeness (QED) is 0.814. The lowest BCUT2D eigenvalue weighted by Gasteiger charge is -2.34. The lowest BCUT2D eigenvalue weighted by atomic mass is 10.2. The van der Waals surface area contributed by atoms with E-state index in [-0.39, 0.29) is 0 Å². The SMILES string of the molecule is CN(C)CCCN1CCCN2c3ccccc3Sc3cccc1c32. The van der Waals surface area contributed by atoms with E-state index in [0.717, 1.165) is 26.2 Å². The summed E-state index contributed by atoms with van der Waals surface area (Å²) in [5, 5.41) is 0. The molecule has 0 radical (unpaired) electrons. The van der Waals surface area contributed by atoms with Gasteiger partial charge < -0.3 is 14.7 Å². The summed E-state index contributed by atoms with van der Waals surface area (Å²) in [5.41, 5.74) is 4.20. The Morgan fingerprint density at radius 2 is 1.75 bits per heavy atom. The lowest BCUT2D eigenvalue weighted by Crippen LogP contribution is -2.27. The third-order valence-corrected chi connectivity index (χ3v) is 5.92. The molecule has 2 aromatic rings. The Hall–Kier alpha value is -1.65. The molecule has 24 heavy (non-hydrogen) atoms. The maximum atomic E-state index is 2.59. The first kappa shape index (κ1) is 15.9. The van der Waals surface area contributed by atoms with Crippen LogP contribution in [-0.4, -0.2) is 45.2 Å². The van der Waals surface area contributed by atoms with E-state index in [0.29, 0.717) is 0 Å². The van der Waals surface area contributed by atoms with Crippen LogP contribution in [0.5, 0.6) is 0 Å². The highest BCUT2D eigenvalue weighted by molar-refractivity contribution is 7.99. The molecule has 0 spiro atoms. The van der Waals surface area contributed by atoms with Gasteiger partial charge >= 0.3 is 0 Å². The molecule has 4 rings (SSSR count). The van der Waals surface area contributed by atoms with E-state index in [1.807, 2.05) is 11.8 Å². The van der Waals surface area contributed by atoms with Gasteiger partial charge in [-0.15, -0.1) is 0 Å². The number of fused-ring (bicyclic) bond motifs is 2. The maximum absolute atomic E-state index is 2.59. The molecule has 4 heteroatoms. The third-order valence-electron chi connectivity index (χ3n) is 4.81. The normalized spacial score (nSPS) is 16.0. The summed E-state index contributed by atoms with van der Waals surface area (Å²) < 4.78 is 0. The molecule has 2 aromatic carbocycles. The van der Waals surface area contributed by atoms with Gasteiger partial charge in [-0.2, -0.15) is 0 Å². The first-order valence-corrected chi connectivity index (χ1v) is 9.63. The highest BCUT2D eigenvalue weighted by atomic mass is 32.2. The van der Waals surface area contributed by atoms with E-state index >= 15 is 0 Å². The topological polar surface area (TPSA) is 9.72 Å². The van der Waals surface area contributed by atoms with Crippen LogP contribution in [0.3, 0.4) is 0 Å². The summed E-state index contributed by atoms with van der Waals surface area (Å²) in [5.74, 6) is 0. The van der Waals surface area contributed by atoms with Crippen molar-refractivity contribution in [2.24, 2.45) is 0 Å². The van der Waals surface area contributed by atoms with Crippen LogP contribution in [0.4, 0.5) is 17.1 Å². The van der Waals surface area contributed by atoms with Crippen molar-refractivity contribution >= 4 is 28.8 Å². The van der Waals surface area contributed by atoms with Gasteiger partial charge in [0.2, 0.25) is 0 Å². The van der Waals surface area contributed by atoms with Gasteiger partial charge in [-0.1, -0.05) is 30.0 Å². The van der Waals surface area contributed by atoms with Crippen LogP contribution in [0.2, 0.25) is 0 Å². The van der Waals surface area contributed by atoms with Crippen molar-refractivity contribution in [1.29, 1.82) is 0 Å². The Bertz CT molecular complexity index is 729. The minimum atomic E-state index is 1.10. The number of nitrogens with zero attached hydrogens (tertiary/aromatic N) is 3. The highest BCUT2D eigenvalue weighted by Gasteiger charge is 2.29. The van der Waals surface area contributed by atoms with Crippen molar-refractivity contribution in [2.45, 2.75) is 22.6 Å². The van der Waals surface area contributed by atoms with E-state index in [1.54, 1.807) is 0 Å². The van der Waals surface area contributed by atoms with Crippen molar-refractivity contribution in [1.82, 2.24) is 4.90 Å². The average Bonchev–Trinajstić information content (AvgIpc) is 2.76. The number of benzene rings is 2. The molecule has 0 amide bonds. The van der Waals surface area contributed by atoms with Crippen LogP contribution in [0.1, 0.15) is 12.8 Å². The third kappa shape index (κ3) is 2.89. The summed E-state index contributed by atoms with van der Waals surface area (Å²) in [6, 6.07) is 15.6. The molecule has 2 aliphatic heterocycles. The smallest absolute Gasteiger partial charge is 0.0790 e. The summed E-state index contributed by atoms with van der Waals surface area (Å²) in [6.45, 7) is 4.53. The number of anilines is 3. The molecule has 0 aromatic heterocycles. The zero-order valence-corrected chi connectivity index (χ0v) is 15.4. The van der Waals surface area contributed by atoms with E-state index < -0.39 is 0 Å². The molecule has 0 unspecified atom stereocenters. The van der Waals surface area contributed by atoms with E-state index in [9.17, 15) is 0 Å². The van der Waals surface area contributed by atoms with E-state index in [1.165, 1.54) is 39.7 Å². The Labute approximate surface area is 149 Å². The van der Waals surface area contributed by atoms with Gasteiger partial charge in [0, 0.05) is 29.4 Å². The van der Waals surface area contributed by atoms with Gasteiger partial charge in [-0.3, -0.25) is 0 Å². The lowest BCUT2D eigenvalue weighted by molar-refractivity contribution is 0.400. The number of hydrogen-bond acceptors (Lipinski definition) is 4. The Morgan fingerprint density at radius 1 is 0.958 bits per heavy atom. The van der Waals surface area contributed by atoms with Gasteiger partial charge in [0.1, 0.15) is 0 Å². The molecule has 0 fully saturated rings. The molecule has 3 nitrogen and oxygen atoms in total. The second-order valence-electron chi connectivity index (χ2n) is 6.84. The van der Waals surface area contributed by atoms with Crippen LogP contribution in [0.25, 0.3) is 0 Å². The molecule has 0 bridgehead atoms. The van der Waals surface area contributed by atoms with E-state index in [2.05, 4.69) is 71.3 Å². The maximum Gasteiger partial charge on any atom is 0.0790 e. The van der Waals surface area contributed by atoms with Gasteiger partial charge in [0.25, 0.3) is 0 Å². The highest BCUT2D eigenvalue weighted by Crippen LogP contribution is 2.52. The van der Waals surface area contributed by atoms with Crippen molar-refractivity contribution in [3.05, 3.63) is 42.5 Å². The summed E-state index contributed by atoms with van der Waals surface area (Å²) >= 11 is 1.91. The first-order chi connectivity index (χ1) is 11.7. The van der Waals surface area contributed by atoms with Crippen LogP contribution in [0, 0.1) is 0 Å². The van der Waals surface area contributed by atoms with Gasteiger partial charge in [0.15, 0.2) is 0 Å². The van der Waals surface area contributed by atoms with Crippen LogP contribution in [-0.2, 0) is 0 Å². The number of rotatable bonds is 4. The van der Waals surface area contributed by atoms with Crippen molar-refractivity contribution < 1.29 is 0 Å². The fraction of sp³-hybridized carbons (Fsp3) is 0.400. The predicted octanol–water partition coefficient (Wildman–Crippen LogP) is 4.45. The standard InChI is InChI=1S/C20H25N3S/c1-21(2)12-6-13-22-14-7-15-23-16-8-3-4-10-18(16)24-19-11-5-9-17(22)20(19)23/h3-5,8-11H,6-7,12-15H2,1-2H3. The minimum absolute atomic E-state index is 1.10. The number of hydrogen-bond donors (Lipinski definition) is 0. The zero-order valence-electron chi connectivity index (χ0n) is 14.5. The predicted molar refractivity (Wildman–Crippen MR) is 104 cm³/mol. The molecule has 0 atom stereocenters. The molecular weight excluding hydrogens is 314 g/mol. The fourth-order valence-electron chi connectivity index (χ4n) is 3.71. The van der Waals surface area contributed by atoms with Crippen LogP contribution in [0.15, 0.2) is 52.3 Å². The molecular formula is C20H25N3S. The Balaban J connectivity index is 1.69. The minimum Gasteiger partial charge on any atom is -0.370 e. The Morgan fingerprint density at radius 3 is 2.62 bits per heavy atom. The van der Waals surface area contributed by atoms with Crippen LogP contribution < -0.4 is 9.80 Å². The largest absolute Gasteiger partial charge is 0.370 e. The van der Waals surface area contributed by atoms with Crippen LogP contribution >= 0.6 is 11.8 Å². The van der Waals surface area contributed by atoms with Crippen molar-refractivity contribution in [3.8, 4) is 0 Å². The summed E-state index contributed by atoms with van der Waals surface area (Å²) in [7, 11) is 4.31. The molecule has 0 saturated heterocycles. The molecule has 2 heterocycles. The second-order valence-corrected chi connectivity index (χ2v) is 7.93. The molecule has 126 valence electrons. The Kier molecular flexibility index (Phi) is 4.42. The fourth-order valence-corrected chi connectivity index (χ4v) is 4.83. The molecule has 0 saturated carbocycles. The second kappa shape index (κ2) is 6.69. The van der Waals surface area contributed by atoms with Gasteiger partial charge in [-0.25, -0.2) is 0 Å². The first-order valence-electron chi connectivity index (χ1n) is 8.81.